The summed E-state index contributed by atoms with van der Waals surface area (Å²) in [5, 5.41) is 0. The van der Waals surface area contributed by atoms with Crippen molar-refractivity contribution in [1.82, 2.24) is 0 Å². The van der Waals surface area contributed by atoms with Crippen LogP contribution in [0.3, 0.4) is 0 Å². The standard InChI is InChI=1S/C19H14O2/c1-2-7-14(8-3-1)15-9-4-5-10-16(15)17-11-6-12-18-19(17)21-13-20-18/h1-12H,13H2. The number of rotatable bonds is 2. The van der Waals surface area contributed by atoms with E-state index in [9.17, 15) is 0 Å². The Morgan fingerprint density at radius 1 is 0.571 bits per heavy atom. The zero-order valence-corrected chi connectivity index (χ0v) is 11.5. The van der Waals surface area contributed by atoms with Gasteiger partial charge < -0.3 is 9.47 Å². The molecular weight excluding hydrogens is 260 g/mol. The predicted octanol–water partition coefficient (Wildman–Crippen LogP) is 4.75. The molecule has 4 rings (SSSR count). The van der Waals surface area contributed by atoms with E-state index < -0.39 is 0 Å². The lowest BCUT2D eigenvalue weighted by molar-refractivity contribution is 0.174. The van der Waals surface area contributed by atoms with Crippen molar-refractivity contribution in [3.63, 3.8) is 0 Å². The molecule has 1 aliphatic heterocycles. The monoisotopic (exact) mass is 274 g/mol. The van der Waals surface area contributed by atoms with Gasteiger partial charge in [0.25, 0.3) is 0 Å². The fourth-order valence-corrected chi connectivity index (χ4v) is 2.73. The maximum Gasteiger partial charge on any atom is 0.231 e. The molecule has 0 aromatic heterocycles. The minimum atomic E-state index is 0.292. The third-order valence-corrected chi connectivity index (χ3v) is 3.70. The van der Waals surface area contributed by atoms with Crippen LogP contribution in [0.25, 0.3) is 22.3 Å². The number of para-hydroxylation sites is 1. The molecule has 21 heavy (non-hydrogen) atoms. The number of benzene rings is 3. The van der Waals surface area contributed by atoms with E-state index in [2.05, 4.69) is 54.6 Å². The number of hydrogen-bond donors (Lipinski definition) is 0. The first kappa shape index (κ1) is 12.0. The van der Waals surface area contributed by atoms with Gasteiger partial charge in [-0.2, -0.15) is 0 Å². The molecule has 0 bridgehead atoms. The SMILES string of the molecule is c1ccc(-c2ccccc2-c2cccc3c2OCO3)cc1. The molecular formula is C19H14O2. The fourth-order valence-electron chi connectivity index (χ4n) is 2.73. The molecule has 0 radical (unpaired) electrons. The average molecular weight is 274 g/mol. The Morgan fingerprint density at radius 2 is 1.29 bits per heavy atom. The summed E-state index contributed by atoms with van der Waals surface area (Å²) in [5.74, 6) is 1.65. The molecule has 3 aromatic rings. The molecule has 102 valence electrons. The summed E-state index contributed by atoms with van der Waals surface area (Å²) in [4.78, 5) is 0. The van der Waals surface area contributed by atoms with E-state index in [0.717, 1.165) is 22.6 Å². The third kappa shape index (κ3) is 2.05. The minimum Gasteiger partial charge on any atom is -0.454 e. The summed E-state index contributed by atoms with van der Waals surface area (Å²) in [6, 6.07) is 24.8. The lowest BCUT2D eigenvalue weighted by atomic mass is 9.94. The Kier molecular flexibility index (Phi) is 2.86. The maximum atomic E-state index is 5.65. The Balaban J connectivity index is 1.93. The van der Waals surface area contributed by atoms with Crippen molar-refractivity contribution < 1.29 is 9.47 Å². The van der Waals surface area contributed by atoms with Crippen LogP contribution < -0.4 is 9.47 Å². The second-order valence-corrected chi connectivity index (χ2v) is 4.95. The van der Waals surface area contributed by atoms with Crippen LogP contribution in [0, 0.1) is 0 Å². The molecule has 2 heteroatoms. The molecule has 0 saturated carbocycles. The van der Waals surface area contributed by atoms with Gasteiger partial charge in [0.05, 0.1) is 0 Å². The van der Waals surface area contributed by atoms with E-state index in [1.807, 2.05) is 18.2 Å². The third-order valence-electron chi connectivity index (χ3n) is 3.70. The molecule has 3 aromatic carbocycles. The summed E-state index contributed by atoms with van der Waals surface area (Å²) < 4.78 is 11.1. The largest absolute Gasteiger partial charge is 0.454 e. The Hall–Kier alpha value is -2.74. The number of ether oxygens (including phenoxy) is 2. The Morgan fingerprint density at radius 3 is 2.14 bits per heavy atom. The minimum absolute atomic E-state index is 0.292. The summed E-state index contributed by atoms with van der Waals surface area (Å²) in [7, 11) is 0. The van der Waals surface area contributed by atoms with Gasteiger partial charge in [0.1, 0.15) is 0 Å². The van der Waals surface area contributed by atoms with Gasteiger partial charge in [0.2, 0.25) is 6.79 Å². The van der Waals surface area contributed by atoms with Crippen LogP contribution in [0.15, 0.2) is 72.8 Å². The van der Waals surface area contributed by atoms with Gasteiger partial charge in [-0.15, -0.1) is 0 Å². The van der Waals surface area contributed by atoms with E-state index in [-0.39, 0.29) is 0 Å². The molecule has 1 aliphatic rings. The van der Waals surface area contributed by atoms with Crippen molar-refractivity contribution in [1.29, 1.82) is 0 Å². The molecule has 0 atom stereocenters. The molecule has 0 spiro atoms. The second-order valence-electron chi connectivity index (χ2n) is 4.95. The normalized spacial score (nSPS) is 12.4. The highest BCUT2D eigenvalue weighted by atomic mass is 16.7. The summed E-state index contributed by atoms with van der Waals surface area (Å²) in [6.07, 6.45) is 0. The Bertz CT molecular complexity index is 779. The van der Waals surface area contributed by atoms with Crippen LogP contribution in [0.5, 0.6) is 11.5 Å². The lowest BCUT2D eigenvalue weighted by Crippen LogP contribution is -1.94. The van der Waals surface area contributed by atoms with Crippen LogP contribution in [-0.4, -0.2) is 6.79 Å². The maximum absolute atomic E-state index is 5.65. The van der Waals surface area contributed by atoms with E-state index in [1.165, 1.54) is 11.1 Å². The van der Waals surface area contributed by atoms with Crippen molar-refractivity contribution in [3.8, 4) is 33.8 Å². The predicted molar refractivity (Wildman–Crippen MR) is 83.4 cm³/mol. The van der Waals surface area contributed by atoms with Crippen molar-refractivity contribution in [2.24, 2.45) is 0 Å². The van der Waals surface area contributed by atoms with Gasteiger partial charge in [0.15, 0.2) is 11.5 Å². The molecule has 0 amide bonds. The second kappa shape index (κ2) is 4.98. The first-order chi connectivity index (χ1) is 10.4. The van der Waals surface area contributed by atoms with E-state index in [4.69, 9.17) is 9.47 Å². The zero-order chi connectivity index (χ0) is 14.1. The summed E-state index contributed by atoms with van der Waals surface area (Å²) in [6.45, 7) is 0.292. The number of hydrogen-bond acceptors (Lipinski definition) is 2. The highest BCUT2D eigenvalue weighted by molar-refractivity contribution is 5.87. The molecule has 0 fully saturated rings. The zero-order valence-electron chi connectivity index (χ0n) is 11.5. The van der Waals surface area contributed by atoms with Crippen molar-refractivity contribution in [2.75, 3.05) is 6.79 Å². The fraction of sp³-hybridized carbons (Fsp3) is 0.0526. The molecule has 0 saturated heterocycles. The van der Waals surface area contributed by atoms with Gasteiger partial charge in [-0.25, -0.2) is 0 Å². The van der Waals surface area contributed by atoms with Crippen molar-refractivity contribution in [2.45, 2.75) is 0 Å². The smallest absolute Gasteiger partial charge is 0.231 e. The quantitative estimate of drug-likeness (QED) is 0.671. The van der Waals surface area contributed by atoms with Gasteiger partial charge >= 0.3 is 0 Å². The van der Waals surface area contributed by atoms with Crippen LogP contribution in [0.2, 0.25) is 0 Å². The topological polar surface area (TPSA) is 18.5 Å². The molecule has 2 nitrogen and oxygen atoms in total. The van der Waals surface area contributed by atoms with E-state index in [0.29, 0.717) is 6.79 Å². The summed E-state index contributed by atoms with van der Waals surface area (Å²) >= 11 is 0. The highest BCUT2D eigenvalue weighted by Gasteiger charge is 2.19. The van der Waals surface area contributed by atoms with Crippen molar-refractivity contribution >= 4 is 0 Å². The van der Waals surface area contributed by atoms with Gasteiger partial charge in [-0.05, 0) is 22.8 Å². The van der Waals surface area contributed by atoms with Gasteiger partial charge in [-0.1, -0.05) is 66.7 Å². The first-order valence-electron chi connectivity index (χ1n) is 6.97. The van der Waals surface area contributed by atoms with Gasteiger partial charge in [-0.3, -0.25) is 0 Å². The first-order valence-corrected chi connectivity index (χ1v) is 6.97. The molecule has 0 unspecified atom stereocenters. The van der Waals surface area contributed by atoms with E-state index in [1.54, 1.807) is 0 Å². The number of fused-ring (bicyclic) bond motifs is 1. The molecule has 0 N–H and O–H groups in total. The molecule has 0 aliphatic carbocycles. The Labute approximate surface area is 123 Å². The van der Waals surface area contributed by atoms with Crippen LogP contribution in [-0.2, 0) is 0 Å². The summed E-state index contributed by atoms with van der Waals surface area (Å²) in [5.41, 5.74) is 4.63. The van der Waals surface area contributed by atoms with Crippen LogP contribution in [0.4, 0.5) is 0 Å². The van der Waals surface area contributed by atoms with Crippen molar-refractivity contribution in [3.05, 3.63) is 72.8 Å². The van der Waals surface area contributed by atoms with E-state index >= 15 is 0 Å². The highest BCUT2D eigenvalue weighted by Crippen LogP contribution is 2.44. The molecule has 1 heterocycles. The van der Waals surface area contributed by atoms with Crippen LogP contribution >= 0.6 is 0 Å². The van der Waals surface area contributed by atoms with Gasteiger partial charge in [0, 0.05) is 5.56 Å². The van der Waals surface area contributed by atoms with Crippen LogP contribution in [0.1, 0.15) is 0 Å². The average Bonchev–Trinajstić information content (AvgIpc) is 3.04. The lowest BCUT2D eigenvalue weighted by Gasteiger charge is -2.12.